The maximum absolute atomic E-state index is 13.4. The summed E-state index contributed by atoms with van der Waals surface area (Å²) in [5.41, 5.74) is 5.69. The molecule has 2 heterocycles. The third-order valence-electron chi connectivity index (χ3n) is 3.24. The SMILES string of the molecule is Cl.Cl.NCC1CCN(C(=O)c2ccncc2F)CC1. The van der Waals surface area contributed by atoms with Crippen molar-refractivity contribution in [2.45, 2.75) is 12.8 Å². The van der Waals surface area contributed by atoms with Crippen LogP contribution in [0.3, 0.4) is 0 Å². The van der Waals surface area contributed by atoms with Crippen molar-refractivity contribution in [3.05, 3.63) is 29.8 Å². The van der Waals surface area contributed by atoms with E-state index >= 15 is 0 Å². The number of hydrogen-bond donors (Lipinski definition) is 1. The molecule has 108 valence electrons. The van der Waals surface area contributed by atoms with Gasteiger partial charge in [0, 0.05) is 19.3 Å². The predicted molar refractivity (Wildman–Crippen MR) is 76.4 cm³/mol. The van der Waals surface area contributed by atoms with Crippen molar-refractivity contribution in [2.75, 3.05) is 19.6 Å². The average molecular weight is 310 g/mol. The van der Waals surface area contributed by atoms with E-state index in [4.69, 9.17) is 5.73 Å². The summed E-state index contributed by atoms with van der Waals surface area (Å²) < 4.78 is 13.4. The van der Waals surface area contributed by atoms with E-state index in [1.165, 1.54) is 12.3 Å². The summed E-state index contributed by atoms with van der Waals surface area (Å²) in [4.78, 5) is 17.4. The second-order valence-corrected chi connectivity index (χ2v) is 4.33. The maximum atomic E-state index is 13.4. The Bertz CT molecular complexity index is 412. The van der Waals surface area contributed by atoms with E-state index in [2.05, 4.69) is 4.98 Å². The molecule has 19 heavy (non-hydrogen) atoms. The molecule has 7 heteroatoms. The van der Waals surface area contributed by atoms with E-state index < -0.39 is 5.82 Å². The topological polar surface area (TPSA) is 59.2 Å². The highest BCUT2D eigenvalue weighted by Crippen LogP contribution is 2.18. The van der Waals surface area contributed by atoms with Crippen LogP contribution in [0.15, 0.2) is 18.5 Å². The molecule has 2 N–H and O–H groups in total. The van der Waals surface area contributed by atoms with Gasteiger partial charge in [0.25, 0.3) is 5.91 Å². The van der Waals surface area contributed by atoms with E-state index in [1.54, 1.807) is 4.90 Å². The van der Waals surface area contributed by atoms with E-state index in [9.17, 15) is 9.18 Å². The van der Waals surface area contributed by atoms with Crippen LogP contribution in [0.5, 0.6) is 0 Å². The van der Waals surface area contributed by atoms with Crippen LogP contribution in [-0.4, -0.2) is 35.4 Å². The van der Waals surface area contributed by atoms with E-state index in [0.717, 1.165) is 19.0 Å². The zero-order valence-electron chi connectivity index (χ0n) is 10.4. The molecule has 0 atom stereocenters. The molecule has 2 rings (SSSR count). The number of amides is 1. The third-order valence-corrected chi connectivity index (χ3v) is 3.24. The number of nitrogens with zero attached hydrogens (tertiary/aromatic N) is 2. The van der Waals surface area contributed by atoms with Gasteiger partial charge in [0.15, 0.2) is 5.82 Å². The van der Waals surface area contributed by atoms with E-state index in [-0.39, 0.29) is 36.3 Å². The molecule has 1 aromatic heterocycles. The Labute approximate surface area is 124 Å². The minimum absolute atomic E-state index is 0. The minimum atomic E-state index is -0.557. The van der Waals surface area contributed by atoms with Crippen LogP contribution >= 0.6 is 24.8 Å². The molecule has 1 aromatic rings. The molecule has 1 saturated heterocycles. The fraction of sp³-hybridized carbons (Fsp3) is 0.500. The van der Waals surface area contributed by atoms with Gasteiger partial charge in [0.1, 0.15) is 0 Å². The van der Waals surface area contributed by atoms with Crippen LogP contribution in [0.1, 0.15) is 23.2 Å². The molecule has 4 nitrogen and oxygen atoms in total. The molecular formula is C12H18Cl2FN3O. The van der Waals surface area contributed by atoms with Crippen molar-refractivity contribution >= 4 is 30.7 Å². The Morgan fingerprint density at radius 1 is 1.42 bits per heavy atom. The highest BCUT2D eigenvalue weighted by atomic mass is 35.5. The van der Waals surface area contributed by atoms with Gasteiger partial charge in [0.2, 0.25) is 0 Å². The normalized spacial score (nSPS) is 15.4. The van der Waals surface area contributed by atoms with Gasteiger partial charge in [-0.2, -0.15) is 0 Å². The van der Waals surface area contributed by atoms with Gasteiger partial charge < -0.3 is 10.6 Å². The Hall–Kier alpha value is -0.910. The average Bonchev–Trinajstić information content (AvgIpc) is 2.39. The Balaban J connectivity index is 0.00000162. The van der Waals surface area contributed by atoms with Crippen LogP contribution in [0.25, 0.3) is 0 Å². The zero-order chi connectivity index (χ0) is 12.3. The minimum Gasteiger partial charge on any atom is -0.339 e. The van der Waals surface area contributed by atoms with Gasteiger partial charge in [-0.1, -0.05) is 0 Å². The van der Waals surface area contributed by atoms with Crippen molar-refractivity contribution < 1.29 is 9.18 Å². The number of hydrogen-bond acceptors (Lipinski definition) is 3. The monoisotopic (exact) mass is 309 g/mol. The van der Waals surface area contributed by atoms with E-state index in [0.29, 0.717) is 25.6 Å². The second-order valence-electron chi connectivity index (χ2n) is 4.33. The van der Waals surface area contributed by atoms with Crippen LogP contribution < -0.4 is 5.73 Å². The summed E-state index contributed by atoms with van der Waals surface area (Å²) in [6.45, 7) is 1.97. The molecule has 1 fully saturated rings. The first kappa shape index (κ1) is 18.1. The van der Waals surface area contributed by atoms with E-state index in [1.807, 2.05) is 0 Å². The number of carbonyl (C=O) groups excluding carboxylic acids is 1. The van der Waals surface area contributed by atoms with Gasteiger partial charge >= 0.3 is 0 Å². The number of likely N-dealkylation sites (tertiary alicyclic amines) is 1. The first-order valence-electron chi connectivity index (χ1n) is 5.81. The summed E-state index contributed by atoms with van der Waals surface area (Å²) >= 11 is 0. The van der Waals surface area contributed by atoms with Gasteiger partial charge in [-0.05, 0) is 31.4 Å². The van der Waals surface area contributed by atoms with Crippen molar-refractivity contribution in [1.29, 1.82) is 0 Å². The van der Waals surface area contributed by atoms with Crippen molar-refractivity contribution in [1.82, 2.24) is 9.88 Å². The largest absolute Gasteiger partial charge is 0.339 e. The standard InChI is InChI=1S/C12H16FN3O.2ClH/c13-11-8-15-4-1-10(11)12(17)16-5-2-9(7-14)3-6-16;;/h1,4,8-9H,2-3,5-7,14H2;2*1H. The Morgan fingerprint density at radius 2 is 2.05 bits per heavy atom. The number of nitrogens with two attached hydrogens (primary N) is 1. The van der Waals surface area contributed by atoms with Crippen LogP contribution in [0, 0.1) is 11.7 Å². The van der Waals surface area contributed by atoms with Crippen LogP contribution in [0.2, 0.25) is 0 Å². The van der Waals surface area contributed by atoms with Gasteiger partial charge in [-0.15, -0.1) is 24.8 Å². The molecule has 0 unspecified atom stereocenters. The second kappa shape index (κ2) is 8.30. The summed E-state index contributed by atoms with van der Waals surface area (Å²) in [5.74, 6) is -0.319. The predicted octanol–water partition coefficient (Wildman–Crippen LogP) is 1.88. The highest BCUT2D eigenvalue weighted by Gasteiger charge is 2.24. The molecule has 0 spiro atoms. The van der Waals surface area contributed by atoms with Crippen molar-refractivity contribution in [3.63, 3.8) is 0 Å². The molecule has 0 aromatic carbocycles. The molecule has 0 aliphatic carbocycles. The first-order valence-corrected chi connectivity index (χ1v) is 5.81. The fourth-order valence-electron chi connectivity index (χ4n) is 2.09. The van der Waals surface area contributed by atoms with Crippen LogP contribution in [-0.2, 0) is 0 Å². The summed E-state index contributed by atoms with van der Waals surface area (Å²) in [6.07, 6.45) is 4.30. The molecule has 0 saturated carbocycles. The molecule has 1 amide bonds. The number of carbonyl (C=O) groups is 1. The number of aromatic nitrogens is 1. The lowest BCUT2D eigenvalue weighted by molar-refractivity contribution is 0.0688. The number of rotatable bonds is 2. The fourth-order valence-corrected chi connectivity index (χ4v) is 2.09. The molecule has 1 aliphatic rings. The van der Waals surface area contributed by atoms with Gasteiger partial charge in [0.05, 0.1) is 11.8 Å². The summed E-state index contributed by atoms with van der Waals surface area (Å²) in [5, 5.41) is 0. The maximum Gasteiger partial charge on any atom is 0.256 e. The summed E-state index contributed by atoms with van der Waals surface area (Å²) in [7, 11) is 0. The number of halogens is 3. The molecule has 0 bridgehead atoms. The smallest absolute Gasteiger partial charge is 0.256 e. The lowest BCUT2D eigenvalue weighted by atomic mass is 9.96. The Morgan fingerprint density at radius 3 is 2.58 bits per heavy atom. The Kier molecular flexibility index (Phi) is 7.90. The number of pyridine rings is 1. The third kappa shape index (κ3) is 4.30. The zero-order valence-corrected chi connectivity index (χ0v) is 12.1. The highest BCUT2D eigenvalue weighted by molar-refractivity contribution is 5.94. The number of piperidine rings is 1. The van der Waals surface area contributed by atoms with Crippen LogP contribution in [0.4, 0.5) is 4.39 Å². The van der Waals surface area contributed by atoms with Gasteiger partial charge in [-0.25, -0.2) is 4.39 Å². The van der Waals surface area contributed by atoms with Crippen molar-refractivity contribution in [2.24, 2.45) is 11.7 Å². The lowest BCUT2D eigenvalue weighted by Gasteiger charge is -2.31. The first-order chi connectivity index (χ1) is 8.22. The van der Waals surface area contributed by atoms with Gasteiger partial charge in [-0.3, -0.25) is 9.78 Å². The van der Waals surface area contributed by atoms with Crippen molar-refractivity contribution in [3.8, 4) is 0 Å². The molecule has 1 aliphatic heterocycles. The lowest BCUT2D eigenvalue weighted by Crippen LogP contribution is -2.40. The quantitative estimate of drug-likeness (QED) is 0.907. The summed E-state index contributed by atoms with van der Waals surface area (Å²) in [6, 6.07) is 1.42. The molecular weight excluding hydrogens is 292 g/mol. The molecule has 0 radical (unpaired) electrons.